The quantitative estimate of drug-likeness (QED) is 0.945. The second-order valence-electron chi connectivity index (χ2n) is 5.22. The Morgan fingerprint density at radius 1 is 1.43 bits per heavy atom. The van der Waals surface area contributed by atoms with E-state index in [4.69, 9.17) is 4.98 Å². The molecule has 1 fully saturated rings. The fourth-order valence-corrected chi connectivity index (χ4v) is 3.45. The van der Waals surface area contributed by atoms with Gasteiger partial charge in [-0.2, -0.15) is 0 Å². The number of hydrogen-bond acceptors (Lipinski definition) is 5. The van der Waals surface area contributed by atoms with Crippen molar-refractivity contribution >= 4 is 22.4 Å². The van der Waals surface area contributed by atoms with Crippen molar-refractivity contribution < 1.29 is 4.79 Å². The van der Waals surface area contributed by atoms with E-state index in [0.29, 0.717) is 6.04 Å². The minimum atomic E-state index is 0.0570. The minimum Gasteiger partial charge on any atom is -0.353 e. The largest absolute Gasteiger partial charge is 0.353 e. The molecule has 0 saturated carbocycles. The van der Waals surface area contributed by atoms with Crippen LogP contribution in [0.25, 0.3) is 11.3 Å². The van der Waals surface area contributed by atoms with Crippen molar-refractivity contribution in [1.29, 1.82) is 0 Å². The van der Waals surface area contributed by atoms with Crippen molar-refractivity contribution in [2.75, 3.05) is 18.0 Å². The highest BCUT2D eigenvalue weighted by molar-refractivity contribution is 7.14. The molecule has 2 aromatic rings. The Morgan fingerprint density at radius 2 is 2.24 bits per heavy atom. The molecule has 110 valence electrons. The first-order chi connectivity index (χ1) is 10.2. The zero-order valence-electron chi connectivity index (χ0n) is 12.0. The third-order valence-electron chi connectivity index (χ3n) is 3.62. The number of amides is 1. The fourth-order valence-electron chi connectivity index (χ4n) is 2.56. The minimum absolute atomic E-state index is 0.0570. The predicted octanol–water partition coefficient (Wildman–Crippen LogP) is 2.31. The Labute approximate surface area is 128 Å². The molecule has 1 N–H and O–H groups in total. The maximum Gasteiger partial charge on any atom is 0.217 e. The summed E-state index contributed by atoms with van der Waals surface area (Å²) in [5.41, 5.74) is 2.03. The number of rotatable bonds is 3. The van der Waals surface area contributed by atoms with E-state index in [0.717, 1.165) is 42.3 Å². The number of nitrogens with one attached hydrogen (secondary N) is 1. The van der Waals surface area contributed by atoms with Gasteiger partial charge in [-0.05, 0) is 25.0 Å². The van der Waals surface area contributed by atoms with Gasteiger partial charge in [-0.25, -0.2) is 4.98 Å². The molecular weight excluding hydrogens is 284 g/mol. The van der Waals surface area contributed by atoms with Crippen molar-refractivity contribution in [2.24, 2.45) is 0 Å². The Morgan fingerprint density at radius 3 is 2.90 bits per heavy atom. The van der Waals surface area contributed by atoms with Crippen LogP contribution in [-0.4, -0.2) is 35.0 Å². The molecule has 0 radical (unpaired) electrons. The molecular formula is C15H18N4OS. The van der Waals surface area contributed by atoms with Crippen LogP contribution in [0.5, 0.6) is 0 Å². The topological polar surface area (TPSA) is 58.1 Å². The van der Waals surface area contributed by atoms with Gasteiger partial charge in [0.05, 0.1) is 5.69 Å². The number of carbonyl (C=O) groups excluding carboxylic acids is 1. The Hall–Kier alpha value is -1.95. The van der Waals surface area contributed by atoms with Crippen molar-refractivity contribution in [3.05, 3.63) is 29.9 Å². The highest BCUT2D eigenvalue weighted by atomic mass is 32.1. The van der Waals surface area contributed by atoms with Gasteiger partial charge >= 0.3 is 0 Å². The lowest BCUT2D eigenvalue weighted by molar-refractivity contribution is -0.119. The van der Waals surface area contributed by atoms with Gasteiger partial charge in [0, 0.05) is 49.4 Å². The van der Waals surface area contributed by atoms with E-state index in [1.807, 2.05) is 18.3 Å². The van der Waals surface area contributed by atoms with Crippen LogP contribution in [0.2, 0.25) is 0 Å². The van der Waals surface area contributed by atoms with E-state index in [9.17, 15) is 4.79 Å². The van der Waals surface area contributed by atoms with E-state index < -0.39 is 0 Å². The summed E-state index contributed by atoms with van der Waals surface area (Å²) in [6.45, 7) is 3.45. The average Bonchev–Trinajstić information content (AvgIpc) is 2.98. The second-order valence-corrected chi connectivity index (χ2v) is 6.06. The summed E-state index contributed by atoms with van der Waals surface area (Å²) in [7, 11) is 0. The summed E-state index contributed by atoms with van der Waals surface area (Å²) in [6.07, 6.45) is 5.55. The summed E-state index contributed by atoms with van der Waals surface area (Å²) in [5.74, 6) is 0.0570. The second kappa shape index (κ2) is 6.22. The van der Waals surface area contributed by atoms with Crippen molar-refractivity contribution in [3.63, 3.8) is 0 Å². The molecule has 1 aliphatic rings. The Kier molecular flexibility index (Phi) is 4.15. The maximum atomic E-state index is 11.1. The zero-order chi connectivity index (χ0) is 14.7. The van der Waals surface area contributed by atoms with E-state index in [2.05, 4.69) is 20.6 Å². The van der Waals surface area contributed by atoms with Gasteiger partial charge in [0.25, 0.3) is 0 Å². The molecule has 0 spiro atoms. The van der Waals surface area contributed by atoms with Crippen LogP contribution >= 0.6 is 11.3 Å². The molecule has 1 aliphatic heterocycles. The van der Waals surface area contributed by atoms with E-state index in [-0.39, 0.29) is 5.91 Å². The van der Waals surface area contributed by atoms with E-state index >= 15 is 0 Å². The van der Waals surface area contributed by atoms with Gasteiger partial charge in [-0.3, -0.25) is 9.78 Å². The number of aromatic nitrogens is 2. The zero-order valence-corrected chi connectivity index (χ0v) is 12.8. The predicted molar refractivity (Wildman–Crippen MR) is 84.4 cm³/mol. The molecule has 0 aliphatic carbocycles. The summed E-state index contributed by atoms with van der Waals surface area (Å²) in [6, 6.07) is 4.25. The van der Waals surface area contributed by atoms with Crippen molar-refractivity contribution in [3.8, 4) is 11.3 Å². The lowest BCUT2D eigenvalue weighted by Crippen LogP contribution is -2.44. The standard InChI is InChI=1S/C15H18N4OS/c1-11(20)17-13-4-7-19(8-5-13)15-18-14(10-21-15)12-3-2-6-16-9-12/h2-3,6,9-10,13H,4-5,7-8H2,1H3,(H,17,20). The molecule has 1 amide bonds. The first kappa shape index (κ1) is 14.0. The molecule has 3 rings (SSSR count). The molecule has 5 nitrogen and oxygen atoms in total. The van der Waals surface area contributed by atoms with Crippen molar-refractivity contribution in [1.82, 2.24) is 15.3 Å². The molecule has 0 unspecified atom stereocenters. The van der Waals surface area contributed by atoms with Crippen LogP contribution < -0.4 is 10.2 Å². The molecule has 21 heavy (non-hydrogen) atoms. The van der Waals surface area contributed by atoms with Crippen molar-refractivity contribution in [2.45, 2.75) is 25.8 Å². The number of pyridine rings is 1. The number of carbonyl (C=O) groups is 1. The van der Waals surface area contributed by atoms with E-state index in [1.54, 1.807) is 24.5 Å². The first-order valence-corrected chi connectivity index (χ1v) is 7.98. The van der Waals surface area contributed by atoms with Crippen LogP contribution in [0.1, 0.15) is 19.8 Å². The third-order valence-corrected chi connectivity index (χ3v) is 4.52. The normalized spacial score (nSPS) is 16.0. The number of piperidine rings is 1. The van der Waals surface area contributed by atoms with Crippen LogP contribution in [0.4, 0.5) is 5.13 Å². The van der Waals surface area contributed by atoms with Crippen LogP contribution in [0.3, 0.4) is 0 Å². The maximum absolute atomic E-state index is 11.1. The molecule has 6 heteroatoms. The fraction of sp³-hybridized carbons (Fsp3) is 0.400. The van der Waals surface area contributed by atoms with Crippen LogP contribution in [0, 0.1) is 0 Å². The molecule has 1 saturated heterocycles. The first-order valence-electron chi connectivity index (χ1n) is 7.10. The van der Waals surface area contributed by atoms with E-state index in [1.165, 1.54) is 0 Å². The SMILES string of the molecule is CC(=O)NC1CCN(c2nc(-c3cccnc3)cs2)CC1. The van der Waals surface area contributed by atoms with Gasteiger partial charge in [0.1, 0.15) is 0 Å². The number of thiazole rings is 1. The molecule has 0 bridgehead atoms. The van der Waals surface area contributed by atoms with Gasteiger partial charge in [0.15, 0.2) is 5.13 Å². The molecule has 3 heterocycles. The molecule has 0 atom stereocenters. The lowest BCUT2D eigenvalue weighted by Gasteiger charge is -2.31. The monoisotopic (exact) mass is 302 g/mol. The lowest BCUT2D eigenvalue weighted by atomic mass is 10.1. The van der Waals surface area contributed by atoms with Gasteiger partial charge in [0.2, 0.25) is 5.91 Å². The Balaban J connectivity index is 1.64. The highest BCUT2D eigenvalue weighted by Gasteiger charge is 2.21. The number of nitrogens with zero attached hydrogens (tertiary/aromatic N) is 3. The number of hydrogen-bond donors (Lipinski definition) is 1. The highest BCUT2D eigenvalue weighted by Crippen LogP contribution is 2.28. The summed E-state index contributed by atoms with van der Waals surface area (Å²) in [5, 5.41) is 6.12. The van der Waals surface area contributed by atoms with Crippen LogP contribution in [0.15, 0.2) is 29.9 Å². The third kappa shape index (κ3) is 3.39. The molecule has 2 aromatic heterocycles. The summed E-state index contributed by atoms with van der Waals surface area (Å²) < 4.78 is 0. The van der Waals surface area contributed by atoms with Gasteiger partial charge in [-0.1, -0.05) is 0 Å². The average molecular weight is 302 g/mol. The summed E-state index contributed by atoms with van der Waals surface area (Å²) in [4.78, 5) is 22.2. The summed E-state index contributed by atoms with van der Waals surface area (Å²) >= 11 is 1.67. The van der Waals surface area contributed by atoms with Gasteiger partial charge < -0.3 is 10.2 Å². The van der Waals surface area contributed by atoms with Gasteiger partial charge in [-0.15, -0.1) is 11.3 Å². The van der Waals surface area contributed by atoms with Crippen LogP contribution in [-0.2, 0) is 4.79 Å². The smallest absolute Gasteiger partial charge is 0.217 e. The Bertz CT molecular complexity index is 605. The molecule has 0 aromatic carbocycles. The number of anilines is 1.